The van der Waals surface area contributed by atoms with Crippen molar-refractivity contribution in [2.45, 2.75) is 20.3 Å². The standard InChI is InChI=1S/C15H21FN2O/c1-11-7-12(2)9-18(8-11)10-15(19)17-14-5-3-13(16)4-6-14/h3-6,11-12H,7-10H2,1-2H3,(H,17,19)/p+1/t11-,12-/m0/s1. The maximum atomic E-state index is 12.8. The molecule has 0 unspecified atom stereocenters. The molecule has 4 heteroatoms. The van der Waals surface area contributed by atoms with Gasteiger partial charge in [-0.3, -0.25) is 4.79 Å². The Morgan fingerprint density at radius 3 is 2.42 bits per heavy atom. The van der Waals surface area contributed by atoms with Crippen LogP contribution in [0.4, 0.5) is 10.1 Å². The lowest BCUT2D eigenvalue weighted by molar-refractivity contribution is -0.904. The van der Waals surface area contributed by atoms with Gasteiger partial charge in [0.05, 0.1) is 13.1 Å². The van der Waals surface area contributed by atoms with Crippen molar-refractivity contribution in [1.82, 2.24) is 0 Å². The monoisotopic (exact) mass is 265 g/mol. The minimum Gasteiger partial charge on any atom is -0.327 e. The Labute approximate surface area is 113 Å². The van der Waals surface area contributed by atoms with Gasteiger partial charge in [0, 0.05) is 17.5 Å². The number of halogens is 1. The average molecular weight is 265 g/mol. The smallest absolute Gasteiger partial charge is 0.279 e. The third-order valence-corrected chi connectivity index (χ3v) is 3.62. The lowest BCUT2D eigenvalue weighted by Gasteiger charge is -2.31. The van der Waals surface area contributed by atoms with Crippen LogP contribution in [0.25, 0.3) is 0 Å². The summed E-state index contributed by atoms with van der Waals surface area (Å²) in [6.07, 6.45) is 1.25. The highest BCUT2D eigenvalue weighted by Gasteiger charge is 2.26. The fourth-order valence-electron chi connectivity index (χ4n) is 3.03. The molecule has 3 nitrogen and oxygen atoms in total. The van der Waals surface area contributed by atoms with Gasteiger partial charge in [0.2, 0.25) is 0 Å². The molecule has 1 aromatic carbocycles. The molecule has 0 radical (unpaired) electrons. The fourth-order valence-corrected chi connectivity index (χ4v) is 3.03. The normalized spacial score (nSPS) is 27.0. The first kappa shape index (κ1) is 14.0. The van der Waals surface area contributed by atoms with Gasteiger partial charge < -0.3 is 10.2 Å². The summed E-state index contributed by atoms with van der Waals surface area (Å²) in [7, 11) is 0. The van der Waals surface area contributed by atoms with Gasteiger partial charge in [-0.1, -0.05) is 13.8 Å². The van der Waals surface area contributed by atoms with Crippen LogP contribution in [0.2, 0.25) is 0 Å². The van der Waals surface area contributed by atoms with Crippen molar-refractivity contribution in [3.05, 3.63) is 30.1 Å². The summed E-state index contributed by atoms with van der Waals surface area (Å²) < 4.78 is 12.8. The molecule has 0 bridgehead atoms. The molecule has 104 valence electrons. The second-order valence-electron chi connectivity index (χ2n) is 5.84. The largest absolute Gasteiger partial charge is 0.327 e. The Kier molecular flexibility index (Phi) is 4.53. The second kappa shape index (κ2) is 6.15. The van der Waals surface area contributed by atoms with Crippen LogP contribution in [0.15, 0.2) is 24.3 Å². The third-order valence-electron chi connectivity index (χ3n) is 3.62. The Bertz CT molecular complexity index is 422. The van der Waals surface area contributed by atoms with E-state index < -0.39 is 0 Å². The number of piperidine rings is 1. The van der Waals surface area contributed by atoms with E-state index in [1.807, 2.05) is 0 Å². The molecule has 0 aliphatic carbocycles. The molecular formula is C15H22FN2O+. The molecule has 1 aliphatic heterocycles. The number of anilines is 1. The molecule has 0 spiro atoms. The van der Waals surface area contributed by atoms with Crippen molar-refractivity contribution in [2.75, 3.05) is 25.0 Å². The maximum absolute atomic E-state index is 12.8. The van der Waals surface area contributed by atoms with Crippen molar-refractivity contribution in [1.29, 1.82) is 0 Å². The van der Waals surface area contributed by atoms with E-state index in [2.05, 4.69) is 19.2 Å². The Morgan fingerprint density at radius 1 is 1.26 bits per heavy atom. The topological polar surface area (TPSA) is 33.5 Å². The highest BCUT2D eigenvalue weighted by molar-refractivity contribution is 5.91. The molecule has 1 aromatic rings. The summed E-state index contributed by atoms with van der Waals surface area (Å²) in [5.41, 5.74) is 0.656. The van der Waals surface area contributed by atoms with Crippen molar-refractivity contribution in [3.8, 4) is 0 Å². The van der Waals surface area contributed by atoms with Crippen molar-refractivity contribution < 1.29 is 14.1 Å². The van der Waals surface area contributed by atoms with E-state index in [4.69, 9.17) is 0 Å². The number of hydrogen-bond acceptors (Lipinski definition) is 1. The van der Waals surface area contributed by atoms with Crippen molar-refractivity contribution >= 4 is 11.6 Å². The zero-order valence-electron chi connectivity index (χ0n) is 11.6. The average Bonchev–Trinajstić information content (AvgIpc) is 2.30. The predicted octanol–water partition coefficient (Wildman–Crippen LogP) is 1.32. The summed E-state index contributed by atoms with van der Waals surface area (Å²) in [4.78, 5) is 13.3. The minimum absolute atomic E-state index is 0.00269. The lowest BCUT2D eigenvalue weighted by atomic mass is 9.92. The van der Waals surface area contributed by atoms with E-state index in [9.17, 15) is 9.18 Å². The van der Waals surface area contributed by atoms with Crippen LogP contribution in [0.5, 0.6) is 0 Å². The molecule has 0 saturated carbocycles. The van der Waals surface area contributed by atoms with Gasteiger partial charge in [-0.2, -0.15) is 0 Å². The predicted molar refractivity (Wildman–Crippen MR) is 73.5 cm³/mol. The van der Waals surface area contributed by atoms with E-state index in [1.165, 1.54) is 23.5 Å². The highest BCUT2D eigenvalue weighted by atomic mass is 19.1. The molecule has 1 fully saturated rings. The number of rotatable bonds is 3. The lowest BCUT2D eigenvalue weighted by Crippen LogP contribution is -3.15. The van der Waals surface area contributed by atoms with E-state index >= 15 is 0 Å². The molecule has 0 aromatic heterocycles. The Morgan fingerprint density at radius 2 is 1.84 bits per heavy atom. The van der Waals surface area contributed by atoms with Crippen molar-refractivity contribution in [3.63, 3.8) is 0 Å². The molecule has 1 heterocycles. The van der Waals surface area contributed by atoms with Gasteiger partial charge in [0.25, 0.3) is 5.91 Å². The van der Waals surface area contributed by atoms with Crippen molar-refractivity contribution in [2.24, 2.45) is 11.8 Å². The zero-order chi connectivity index (χ0) is 13.8. The van der Waals surface area contributed by atoms with Crippen LogP contribution in [0.1, 0.15) is 20.3 Å². The number of carbonyl (C=O) groups excluding carboxylic acids is 1. The number of quaternary nitrogens is 1. The quantitative estimate of drug-likeness (QED) is 0.849. The third kappa shape index (κ3) is 4.31. The van der Waals surface area contributed by atoms with Crippen LogP contribution in [-0.2, 0) is 4.79 Å². The van der Waals surface area contributed by atoms with E-state index in [0.29, 0.717) is 24.1 Å². The first-order chi connectivity index (χ1) is 9.02. The minimum atomic E-state index is -0.290. The fraction of sp³-hybridized carbons (Fsp3) is 0.533. The molecule has 1 amide bonds. The highest BCUT2D eigenvalue weighted by Crippen LogP contribution is 2.12. The maximum Gasteiger partial charge on any atom is 0.279 e. The molecule has 1 saturated heterocycles. The molecular weight excluding hydrogens is 243 g/mol. The molecule has 19 heavy (non-hydrogen) atoms. The van der Waals surface area contributed by atoms with E-state index in [0.717, 1.165) is 13.1 Å². The first-order valence-corrected chi connectivity index (χ1v) is 6.92. The summed E-state index contributed by atoms with van der Waals surface area (Å²) >= 11 is 0. The van der Waals surface area contributed by atoms with Crippen LogP contribution in [0.3, 0.4) is 0 Å². The van der Waals surface area contributed by atoms with Gasteiger partial charge in [0.1, 0.15) is 5.82 Å². The molecule has 2 atom stereocenters. The number of benzene rings is 1. The summed E-state index contributed by atoms with van der Waals surface area (Å²) in [5, 5.41) is 2.82. The number of amides is 1. The number of nitrogens with one attached hydrogen (secondary N) is 2. The van der Waals surface area contributed by atoms with Crippen LogP contribution in [0, 0.1) is 17.7 Å². The van der Waals surface area contributed by atoms with Crippen LogP contribution < -0.4 is 10.2 Å². The molecule has 2 rings (SSSR count). The van der Waals surface area contributed by atoms with Gasteiger partial charge in [-0.05, 0) is 30.7 Å². The number of carbonyl (C=O) groups is 1. The van der Waals surface area contributed by atoms with Gasteiger partial charge >= 0.3 is 0 Å². The summed E-state index contributed by atoms with van der Waals surface area (Å²) in [6.45, 7) is 7.09. The van der Waals surface area contributed by atoms with Crippen LogP contribution >= 0.6 is 0 Å². The van der Waals surface area contributed by atoms with Crippen LogP contribution in [-0.4, -0.2) is 25.5 Å². The Hall–Kier alpha value is -1.42. The zero-order valence-corrected chi connectivity index (χ0v) is 11.6. The van der Waals surface area contributed by atoms with Gasteiger partial charge in [0.15, 0.2) is 6.54 Å². The van der Waals surface area contributed by atoms with Gasteiger partial charge in [-0.25, -0.2) is 4.39 Å². The number of hydrogen-bond donors (Lipinski definition) is 2. The first-order valence-electron chi connectivity index (χ1n) is 6.92. The second-order valence-corrected chi connectivity index (χ2v) is 5.84. The SMILES string of the molecule is C[C@H]1C[C@H](C)C[NH+](CC(=O)Nc2ccc(F)cc2)C1. The molecule has 2 N–H and O–H groups in total. The van der Waals surface area contributed by atoms with E-state index in [-0.39, 0.29) is 11.7 Å². The summed E-state index contributed by atoms with van der Waals surface area (Å²) in [6, 6.07) is 5.88. The Balaban J connectivity index is 1.85. The number of likely N-dealkylation sites (tertiary alicyclic amines) is 1. The molecule has 1 aliphatic rings. The van der Waals surface area contributed by atoms with Gasteiger partial charge in [-0.15, -0.1) is 0 Å². The summed E-state index contributed by atoms with van der Waals surface area (Å²) in [5.74, 6) is 1.07. The van der Waals surface area contributed by atoms with E-state index in [1.54, 1.807) is 12.1 Å².